The summed E-state index contributed by atoms with van der Waals surface area (Å²) in [6.45, 7) is 1.39. The first-order valence-electron chi connectivity index (χ1n) is 10.9. The molecule has 0 spiro atoms. The maximum absolute atomic E-state index is 12.8. The summed E-state index contributed by atoms with van der Waals surface area (Å²) in [5.74, 6) is -4.57. The van der Waals surface area contributed by atoms with Crippen molar-refractivity contribution in [2.75, 3.05) is 0 Å². The predicted molar refractivity (Wildman–Crippen MR) is 125 cm³/mol. The number of imidazole rings is 1. The van der Waals surface area contributed by atoms with Gasteiger partial charge in [0.2, 0.25) is 23.6 Å². The number of aromatic hydroxyl groups is 1. The molecule has 4 unspecified atom stereocenters. The van der Waals surface area contributed by atoms with Crippen molar-refractivity contribution in [1.82, 2.24) is 25.9 Å². The van der Waals surface area contributed by atoms with Gasteiger partial charge in [-0.2, -0.15) is 0 Å². The van der Waals surface area contributed by atoms with Crippen molar-refractivity contribution >= 4 is 29.6 Å². The van der Waals surface area contributed by atoms with Crippen molar-refractivity contribution in [3.8, 4) is 5.75 Å². The number of aromatic amines is 1. The molecular formula is C22H29N7O7. The molecule has 0 saturated heterocycles. The van der Waals surface area contributed by atoms with Gasteiger partial charge >= 0.3 is 5.97 Å². The average Bonchev–Trinajstić information content (AvgIpc) is 3.32. The van der Waals surface area contributed by atoms with Crippen LogP contribution in [-0.4, -0.2) is 73.9 Å². The summed E-state index contributed by atoms with van der Waals surface area (Å²) in [5.41, 5.74) is 12.1. The van der Waals surface area contributed by atoms with Crippen LogP contribution in [0.4, 0.5) is 0 Å². The lowest BCUT2D eigenvalue weighted by Gasteiger charge is -2.23. The van der Waals surface area contributed by atoms with E-state index in [2.05, 4.69) is 25.9 Å². The van der Waals surface area contributed by atoms with E-state index in [0.717, 1.165) is 0 Å². The summed E-state index contributed by atoms with van der Waals surface area (Å²) in [5, 5.41) is 25.7. The van der Waals surface area contributed by atoms with Crippen LogP contribution in [0.15, 0.2) is 36.8 Å². The molecule has 0 aliphatic rings. The molecular weight excluding hydrogens is 474 g/mol. The fourth-order valence-electron chi connectivity index (χ4n) is 3.16. The van der Waals surface area contributed by atoms with E-state index in [1.54, 1.807) is 12.1 Å². The van der Waals surface area contributed by atoms with E-state index < -0.39 is 60.2 Å². The van der Waals surface area contributed by atoms with Gasteiger partial charge in [-0.3, -0.25) is 19.2 Å². The third-order valence-corrected chi connectivity index (χ3v) is 5.11. The normalized spacial score (nSPS) is 14.1. The Labute approximate surface area is 205 Å². The smallest absolute Gasteiger partial charge is 0.326 e. The lowest BCUT2D eigenvalue weighted by molar-refractivity contribution is -0.143. The monoisotopic (exact) mass is 503 g/mol. The highest BCUT2D eigenvalue weighted by Gasteiger charge is 2.30. The summed E-state index contributed by atoms with van der Waals surface area (Å²) >= 11 is 0. The van der Waals surface area contributed by atoms with Gasteiger partial charge in [0.1, 0.15) is 23.9 Å². The van der Waals surface area contributed by atoms with E-state index in [4.69, 9.17) is 11.5 Å². The van der Waals surface area contributed by atoms with E-state index in [0.29, 0.717) is 11.3 Å². The van der Waals surface area contributed by atoms with Crippen molar-refractivity contribution in [1.29, 1.82) is 0 Å². The molecule has 2 rings (SSSR count). The van der Waals surface area contributed by atoms with Crippen molar-refractivity contribution in [2.45, 2.75) is 50.4 Å². The van der Waals surface area contributed by atoms with Crippen LogP contribution >= 0.6 is 0 Å². The van der Waals surface area contributed by atoms with Crippen molar-refractivity contribution < 1.29 is 34.2 Å². The summed E-state index contributed by atoms with van der Waals surface area (Å²) in [4.78, 5) is 67.1. The van der Waals surface area contributed by atoms with Crippen LogP contribution in [-0.2, 0) is 36.8 Å². The minimum atomic E-state index is -1.59. The van der Waals surface area contributed by atoms with Gasteiger partial charge < -0.3 is 42.6 Å². The number of nitrogens with zero attached hydrogens (tertiary/aromatic N) is 1. The van der Waals surface area contributed by atoms with Crippen LogP contribution in [0, 0.1) is 0 Å². The molecule has 0 aliphatic heterocycles. The first-order chi connectivity index (χ1) is 17.0. The standard InChI is InChI=1S/C22H29N7O7/c1-11(27-20(33)15(23)6-12-2-4-14(30)5-3-12)19(32)28-16(7-13-9-25-10-26-13)21(34)29-17(22(35)36)8-18(24)31/h2-5,9-11,15-17,30H,6-8,23H2,1H3,(H2,24,31)(H,25,26)(H,27,33)(H,28,32)(H,29,34)(H,35,36). The van der Waals surface area contributed by atoms with Gasteiger partial charge in [0, 0.05) is 18.3 Å². The van der Waals surface area contributed by atoms with Crippen LogP contribution < -0.4 is 27.4 Å². The number of rotatable bonds is 13. The van der Waals surface area contributed by atoms with E-state index in [1.807, 2.05) is 0 Å². The molecule has 0 aliphatic carbocycles. The fourth-order valence-corrected chi connectivity index (χ4v) is 3.16. The third-order valence-electron chi connectivity index (χ3n) is 5.11. The maximum atomic E-state index is 12.8. The molecule has 36 heavy (non-hydrogen) atoms. The average molecular weight is 504 g/mol. The number of aliphatic carboxylic acids is 1. The number of nitrogens with one attached hydrogen (secondary N) is 4. The number of H-pyrrole nitrogens is 1. The number of phenols is 1. The zero-order chi connectivity index (χ0) is 26.8. The van der Waals surface area contributed by atoms with Gasteiger partial charge in [0.25, 0.3) is 0 Å². The van der Waals surface area contributed by atoms with Gasteiger partial charge in [-0.05, 0) is 31.0 Å². The quantitative estimate of drug-likeness (QED) is 0.146. The van der Waals surface area contributed by atoms with Crippen LogP contribution in [0.1, 0.15) is 24.6 Å². The van der Waals surface area contributed by atoms with Gasteiger partial charge in [0.05, 0.1) is 18.8 Å². The van der Waals surface area contributed by atoms with E-state index >= 15 is 0 Å². The number of nitrogens with two attached hydrogens (primary N) is 2. The Morgan fingerprint density at radius 1 is 0.972 bits per heavy atom. The zero-order valence-electron chi connectivity index (χ0n) is 19.4. The Morgan fingerprint density at radius 3 is 2.17 bits per heavy atom. The molecule has 1 aromatic carbocycles. The van der Waals surface area contributed by atoms with Gasteiger partial charge in [-0.25, -0.2) is 9.78 Å². The molecule has 10 N–H and O–H groups in total. The molecule has 0 bridgehead atoms. The SMILES string of the molecule is CC(NC(=O)C(N)Cc1ccc(O)cc1)C(=O)NC(Cc1cnc[nH]1)C(=O)NC(CC(N)=O)C(=O)O. The van der Waals surface area contributed by atoms with Crippen LogP contribution in [0.2, 0.25) is 0 Å². The molecule has 4 amide bonds. The number of carboxylic acids is 1. The highest BCUT2D eigenvalue weighted by atomic mass is 16.4. The van der Waals surface area contributed by atoms with Gasteiger partial charge in [-0.15, -0.1) is 0 Å². The molecule has 14 heteroatoms. The number of primary amides is 1. The van der Waals surface area contributed by atoms with Gasteiger partial charge in [0.15, 0.2) is 0 Å². The fraction of sp³-hybridized carbons (Fsp3) is 0.364. The van der Waals surface area contributed by atoms with Crippen LogP contribution in [0.25, 0.3) is 0 Å². The minimum absolute atomic E-state index is 0.0695. The van der Waals surface area contributed by atoms with E-state index in [1.165, 1.54) is 31.6 Å². The molecule has 194 valence electrons. The van der Waals surface area contributed by atoms with E-state index in [-0.39, 0.29) is 18.6 Å². The number of carboxylic acid groups (broad SMARTS) is 1. The highest BCUT2D eigenvalue weighted by molar-refractivity contribution is 5.94. The van der Waals surface area contributed by atoms with Crippen molar-refractivity contribution in [3.05, 3.63) is 48.0 Å². The number of carbonyl (C=O) groups excluding carboxylic acids is 4. The molecule has 0 fully saturated rings. The first kappa shape index (κ1) is 27.8. The number of carbonyl (C=O) groups is 5. The Hall–Kier alpha value is -4.46. The molecule has 2 aromatic rings. The van der Waals surface area contributed by atoms with Crippen LogP contribution in [0.5, 0.6) is 5.75 Å². The minimum Gasteiger partial charge on any atom is -0.508 e. The topological polar surface area (TPSA) is 243 Å². The number of hydrogen-bond acceptors (Lipinski definition) is 8. The summed E-state index contributed by atoms with van der Waals surface area (Å²) in [7, 11) is 0. The molecule has 0 saturated carbocycles. The third kappa shape index (κ3) is 8.72. The Morgan fingerprint density at radius 2 is 1.61 bits per heavy atom. The largest absolute Gasteiger partial charge is 0.508 e. The van der Waals surface area contributed by atoms with Crippen molar-refractivity contribution in [2.24, 2.45) is 11.5 Å². The molecule has 0 radical (unpaired) electrons. The number of benzene rings is 1. The van der Waals surface area contributed by atoms with Crippen LogP contribution in [0.3, 0.4) is 0 Å². The summed E-state index contributed by atoms with van der Waals surface area (Å²) in [6, 6.07) is 1.20. The van der Waals surface area contributed by atoms with Crippen molar-refractivity contribution in [3.63, 3.8) is 0 Å². The number of aromatic nitrogens is 2. The molecule has 1 heterocycles. The Kier molecular flexibility index (Phi) is 9.92. The molecule has 1 aromatic heterocycles. The number of phenolic OH excluding ortho intramolecular Hbond substituents is 1. The first-order valence-corrected chi connectivity index (χ1v) is 10.9. The molecule has 4 atom stereocenters. The lowest BCUT2D eigenvalue weighted by Crippen LogP contribution is -2.57. The summed E-state index contributed by atoms with van der Waals surface area (Å²) < 4.78 is 0. The second kappa shape index (κ2) is 12.9. The highest BCUT2D eigenvalue weighted by Crippen LogP contribution is 2.11. The maximum Gasteiger partial charge on any atom is 0.326 e. The Bertz CT molecular complexity index is 1070. The second-order valence-corrected chi connectivity index (χ2v) is 8.12. The summed E-state index contributed by atoms with van der Waals surface area (Å²) in [6.07, 6.45) is 2.20. The molecule has 14 nitrogen and oxygen atoms in total. The lowest BCUT2D eigenvalue weighted by atomic mass is 10.1. The van der Waals surface area contributed by atoms with Gasteiger partial charge in [-0.1, -0.05) is 12.1 Å². The predicted octanol–water partition coefficient (Wildman–Crippen LogP) is -2.34. The Balaban J connectivity index is 2.03. The number of hydrogen-bond donors (Lipinski definition) is 8. The second-order valence-electron chi connectivity index (χ2n) is 8.12. The van der Waals surface area contributed by atoms with E-state index in [9.17, 15) is 34.2 Å². The zero-order valence-corrected chi connectivity index (χ0v) is 19.4. The number of amides is 4.